The molecule has 0 radical (unpaired) electrons. The van der Waals surface area contributed by atoms with Crippen LogP contribution in [-0.4, -0.2) is 37.6 Å². The highest BCUT2D eigenvalue weighted by atomic mass is 127. The van der Waals surface area contributed by atoms with Crippen LogP contribution in [0.25, 0.3) is 0 Å². The van der Waals surface area contributed by atoms with Crippen LogP contribution in [0.4, 0.5) is 5.82 Å². The Morgan fingerprint density at radius 1 is 1.15 bits per heavy atom. The fourth-order valence-electron chi connectivity index (χ4n) is 3.17. The van der Waals surface area contributed by atoms with Gasteiger partial charge in [-0.1, -0.05) is 25.0 Å². The van der Waals surface area contributed by atoms with Crippen molar-refractivity contribution >= 4 is 47.1 Å². The van der Waals surface area contributed by atoms with E-state index in [-0.39, 0.29) is 24.0 Å². The van der Waals surface area contributed by atoms with E-state index in [1.807, 2.05) is 6.20 Å². The van der Waals surface area contributed by atoms with E-state index in [1.54, 1.807) is 18.4 Å². The van der Waals surface area contributed by atoms with Gasteiger partial charge in [0.2, 0.25) is 0 Å². The maximum atomic E-state index is 4.67. The Morgan fingerprint density at radius 2 is 1.96 bits per heavy atom. The number of hydrogen-bond acceptors (Lipinski definition) is 4. The minimum Gasteiger partial charge on any atom is -0.357 e. The van der Waals surface area contributed by atoms with E-state index in [0.717, 1.165) is 44.4 Å². The molecule has 7 heteroatoms. The van der Waals surface area contributed by atoms with E-state index < -0.39 is 0 Å². The van der Waals surface area contributed by atoms with Gasteiger partial charge in [0.15, 0.2) is 5.96 Å². The first kappa shape index (κ1) is 21.9. The predicted molar refractivity (Wildman–Crippen MR) is 127 cm³/mol. The van der Waals surface area contributed by atoms with Crippen LogP contribution < -0.4 is 15.5 Å². The average Bonchev–Trinajstić information content (AvgIpc) is 3.05. The molecule has 2 N–H and O–H groups in total. The number of nitrogens with one attached hydrogen (secondary N) is 2. The monoisotopic (exact) mass is 499 g/mol. The fraction of sp³-hybridized carbons (Fsp3) is 0.500. The molecule has 0 amide bonds. The molecule has 0 unspecified atom stereocenters. The molecular formula is C20H30IN5S. The standard InChI is InChI=1S/C20H29N5S.HI/c1-21-20(22-11-10-18-7-6-14-26-18)24-16-17-8-9-19(23-15-17)25-12-4-2-3-5-13-25;/h6-9,14-15H,2-5,10-13,16H2,1H3,(H2,21,22,24);1H. The van der Waals surface area contributed by atoms with Crippen molar-refractivity contribution in [2.75, 3.05) is 31.6 Å². The van der Waals surface area contributed by atoms with Gasteiger partial charge in [-0.25, -0.2) is 4.98 Å². The van der Waals surface area contributed by atoms with Gasteiger partial charge in [-0.15, -0.1) is 35.3 Å². The third-order valence-corrected chi connectivity index (χ3v) is 5.60. The van der Waals surface area contributed by atoms with Crippen LogP contribution in [0.5, 0.6) is 0 Å². The number of aromatic nitrogens is 1. The molecule has 1 fully saturated rings. The van der Waals surface area contributed by atoms with Crippen molar-refractivity contribution in [1.82, 2.24) is 15.6 Å². The second-order valence-electron chi connectivity index (χ2n) is 6.61. The van der Waals surface area contributed by atoms with Crippen LogP contribution in [0.3, 0.4) is 0 Å². The zero-order chi connectivity index (χ0) is 18.0. The molecule has 1 aliphatic heterocycles. The lowest BCUT2D eigenvalue weighted by Crippen LogP contribution is -2.37. The third-order valence-electron chi connectivity index (χ3n) is 4.67. The molecule has 148 valence electrons. The number of hydrogen-bond donors (Lipinski definition) is 2. The summed E-state index contributed by atoms with van der Waals surface area (Å²) in [6.45, 7) is 3.87. The third kappa shape index (κ3) is 7.29. The molecule has 3 rings (SSSR count). The Bertz CT molecular complexity index is 664. The van der Waals surface area contributed by atoms with Crippen LogP contribution in [0, 0.1) is 0 Å². The number of aliphatic imine (C=N–C) groups is 1. The highest BCUT2D eigenvalue weighted by Gasteiger charge is 2.10. The van der Waals surface area contributed by atoms with Crippen LogP contribution >= 0.6 is 35.3 Å². The molecule has 1 aliphatic rings. The Hall–Kier alpha value is -1.35. The van der Waals surface area contributed by atoms with Gasteiger partial charge >= 0.3 is 0 Å². The molecule has 2 aromatic heterocycles. The predicted octanol–water partition coefficient (Wildman–Crippen LogP) is 4.05. The highest BCUT2D eigenvalue weighted by molar-refractivity contribution is 14.0. The van der Waals surface area contributed by atoms with E-state index in [1.165, 1.54) is 36.1 Å². The summed E-state index contributed by atoms with van der Waals surface area (Å²) in [5, 5.41) is 8.84. The summed E-state index contributed by atoms with van der Waals surface area (Å²) >= 11 is 1.79. The van der Waals surface area contributed by atoms with Gasteiger partial charge in [-0.3, -0.25) is 4.99 Å². The number of pyridine rings is 1. The lowest BCUT2D eigenvalue weighted by molar-refractivity contribution is 0.726. The van der Waals surface area contributed by atoms with Gasteiger partial charge in [0.1, 0.15) is 5.82 Å². The Morgan fingerprint density at radius 3 is 2.59 bits per heavy atom. The van der Waals surface area contributed by atoms with E-state index in [9.17, 15) is 0 Å². The second-order valence-corrected chi connectivity index (χ2v) is 7.64. The SMILES string of the molecule is CN=C(NCCc1cccs1)NCc1ccc(N2CCCCCC2)nc1.I. The van der Waals surface area contributed by atoms with Gasteiger partial charge in [0, 0.05) is 44.3 Å². The number of halogens is 1. The van der Waals surface area contributed by atoms with Gasteiger partial charge in [-0.05, 0) is 42.3 Å². The van der Waals surface area contributed by atoms with Crippen molar-refractivity contribution in [2.24, 2.45) is 4.99 Å². The van der Waals surface area contributed by atoms with Crippen LogP contribution in [-0.2, 0) is 13.0 Å². The molecule has 0 saturated carbocycles. The van der Waals surface area contributed by atoms with Crippen LogP contribution in [0.15, 0.2) is 40.8 Å². The van der Waals surface area contributed by atoms with Crippen molar-refractivity contribution in [2.45, 2.75) is 38.6 Å². The lowest BCUT2D eigenvalue weighted by atomic mass is 10.2. The smallest absolute Gasteiger partial charge is 0.191 e. The summed E-state index contributed by atoms with van der Waals surface area (Å²) in [6.07, 6.45) is 8.24. The van der Waals surface area contributed by atoms with E-state index in [2.05, 4.69) is 55.2 Å². The summed E-state index contributed by atoms with van der Waals surface area (Å²) in [4.78, 5) is 12.8. The number of rotatable bonds is 6. The zero-order valence-corrected chi connectivity index (χ0v) is 19.1. The summed E-state index contributed by atoms with van der Waals surface area (Å²) in [5.41, 5.74) is 1.17. The minimum absolute atomic E-state index is 0. The molecule has 5 nitrogen and oxygen atoms in total. The van der Waals surface area contributed by atoms with Gasteiger partial charge in [0.25, 0.3) is 0 Å². The minimum atomic E-state index is 0. The quantitative estimate of drug-likeness (QED) is 0.358. The average molecular weight is 499 g/mol. The first-order chi connectivity index (χ1) is 12.8. The lowest BCUT2D eigenvalue weighted by Gasteiger charge is -2.21. The van der Waals surface area contributed by atoms with Crippen LogP contribution in [0.1, 0.15) is 36.1 Å². The number of anilines is 1. The molecule has 0 atom stereocenters. The van der Waals surface area contributed by atoms with Crippen molar-refractivity contribution in [3.05, 3.63) is 46.3 Å². The van der Waals surface area contributed by atoms with Crippen molar-refractivity contribution < 1.29 is 0 Å². The Balaban J connectivity index is 0.00000261. The number of thiophene rings is 1. The largest absolute Gasteiger partial charge is 0.357 e. The Kier molecular flexibility index (Phi) is 9.90. The first-order valence-corrected chi connectivity index (χ1v) is 10.4. The van der Waals surface area contributed by atoms with Crippen molar-refractivity contribution in [1.29, 1.82) is 0 Å². The summed E-state index contributed by atoms with van der Waals surface area (Å²) in [6, 6.07) is 8.57. The summed E-state index contributed by atoms with van der Waals surface area (Å²) in [7, 11) is 1.81. The second kappa shape index (κ2) is 12.2. The maximum absolute atomic E-state index is 4.67. The van der Waals surface area contributed by atoms with E-state index >= 15 is 0 Å². The summed E-state index contributed by atoms with van der Waals surface area (Å²) in [5.74, 6) is 1.94. The van der Waals surface area contributed by atoms with E-state index in [4.69, 9.17) is 0 Å². The first-order valence-electron chi connectivity index (χ1n) is 9.52. The molecular weight excluding hydrogens is 469 g/mol. The number of nitrogens with zero attached hydrogens (tertiary/aromatic N) is 3. The zero-order valence-electron chi connectivity index (χ0n) is 16.0. The topological polar surface area (TPSA) is 52.6 Å². The summed E-state index contributed by atoms with van der Waals surface area (Å²) < 4.78 is 0. The molecule has 0 aromatic carbocycles. The van der Waals surface area contributed by atoms with Gasteiger partial charge in [-0.2, -0.15) is 0 Å². The van der Waals surface area contributed by atoms with Gasteiger partial charge < -0.3 is 15.5 Å². The van der Waals surface area contributed by atoms with Crippen molar-refractivity contribution in [3.63, 3.8) is 0 Å². The van der Waals surface area contributed by atoms with Crippen molar-refractivity contribution in [3.8, 4) is 0 Å². The van der Waals surface area contributed by atoms with E-state index in [0.29, 0.717) is 0 Å². The fourth-order valence-corrected chi connectivity index (χ4v) is 3.88. The molecule has 1 saturated heterocycles. The highest BCUT2D eigenvalue weighted by Crippen LogP contribution is 2.17. The molecule has 0 aliphatic carbocycles. The maximum Gasteiger partial charge on any atom is 0.191 e. The molecule has 3 heterocycles. The molecule has 0 spiro atoms. The number of guanidine groups is 1. The Labute approximate surface area is 183 Å². The van der Waals surface area contributed by atoms with Gasteiger partial charge in [0.05, 0.1) is 0 Å². The molecule has 27 heavy (non-hydrogen) atoms. The van der Waals surface area contributed by atoms with Crippen LogP contribution in [0.2, 0.25) is 0 Å². The molecule has 0 bridgehead atoms. The normalized spacial score (nSPS) is 15.0. The molecule has 2 aromatic rings.